The minimum atomic E-state index is 1.27. The molecule has 0 unspecified atom stereocenters. The smallest absolute Gasteiger partial charge is 0.000718 e. The van der Waals surface area contributed by atoms with Crippen LogP contribution in [0.15, 0.2) is 170 Å². The van der Waals surface area contributed by atoms with Crippen molar-refractivity contribution in [3.05, 3.63) is 203 Å². The molecule has 0 fully saturated rings. The lowest BCUT2D eigenvalue weighted by atomic mass is 9.86. The number of hydrogen-bond donors (Lipinski definition) is 0. The van der Waals surface area contributed by atoms with Crippen molar-refractivity contribution in [1.82, 2.24) is 0 Å². The van der Waals surface area contributed by atoms with E-state index in [9.17, 15) is 0 Å². The average molecular weight is 629 g/mol. The van der Waals surface area contributed by atoms with Gasteiger partial charge in [0.1, 0.15) is 0 Å². The van der Waals surface area contributed by atoms with Gasteiger partial charge in [-0.05, 0) is 145 Å². The first kappa shape index (κ1) is 26.5. The van der Waals surface area contributed by atoms with Gasteiger partial charge in [0.15, 0.2) is 0 Å². The fraction of sp³-hybridized carbons (Fsp3) is 0. The molecule has 0 atom stereocenters. The van der Waals surface area contributed by atoms with Gasteiger partial charge in [-0.15, -0.1) is 0 Å². The number of hydrogen-bond acceptors (Lipinski definition) is 0. The van der Waals surface area contributed by atoms with E-state index in [4.69, 9.17) is 0 Å². The zero-order valence-corrected chi connectivity index (χ0v) is 27.2. The van der Waals surface area contributed by atoms with Crippen LogP contribution in [0.2, 0.25) is 0 Å². The van der Waals surface area contributed by atoms with Gasteiger partial charge >= 0.3 is 0 Å². The Bertz CT molecular complexity index is 3040. The molecule has 0 N–H and O–H groups in total. The van der Waals surface area contributed by atoms with E-state index in [0.717, 1.165) is 0 Å². The third-order valence-corrected chi connectivity index (χ3v) is 11.5. The van der Waals surface area contributed by atoms with E-state index < -0.39 is 0 Å². The molecule has 228 valence electrons. The van der Waals surface area contributed by atoms with Gasteiger partial charge in [-0.1, -0.05) is 146 Å². The summed E-state index contributed by atoms with van der Waals surface area (Å²) >= 11 is 0. The minimum absolute atomic E-state index is 1.27. The molecule has 3 aliphatic carbocycles. The van der Waals surface area contributed by atoms with E-state index in [-0.39, 0.29) is 0 Å². The topological polar surface area (TPSA) is 0 Å². The Kier molecular flexibility index (Phi) is 5.06. The molecule has 0 amide bonds. The van der Waals surface area contributed by atoms with Gasteiger partial charge in [0.25, 0.3) is 0 Å². The number of allylic oxidation sites excluding steroid dienone is 2. The fourth-order valence-electron chi connectivity index (χ4n) is 9.40. The fourth-order valence-corrected chi connectivity index (χ4v) is 9.40. The van der Waals surface area contributed by atoms with E-state index in [0.29, 0.717) is 0 Å². The van der Waals surface area contributed by atoms with Gasteiger partial charge in [0.2, 0.25) is 0 Å². The maximum absolute atomic E-state index is 2.46. The van der Waals surface area contributed by atoms with Crippen molar-refractivity contribution in [3.8, 4) is 22.3 Å². The largest absolute Gasteiger partial charge is 0.0616 e. The molecule has 9 aromatic rings. The Labute approximate surface area is 289 Å². The Balaban J connectivity index is 1.28. The van der Waals surface area contributed by atoms with Crippen LogP contribution in [0.5, 0.6) is 0 Å². The molecule has 12 rings (SSSR count). The highest BCUT2D eigenvalue weighted by atomic mass is 14.4. The summed E-state index contributed by atoms with van der Waals surface area (Å²) < 4.78 is 0. The van der Waals surface area contributed by atoms with E-state index in [1.54, 1.807) is 0 Å². The van der Waals surface area contributed by atoms with Gasteiger partial charge in [-0.3, -0.25) is 0 Å². The zero-order chi connectivity index (χ0) is 32.5. The second-order valence-electron chi connectivity index (χ2n) is 14.0. The molecule has 0 nitrogen and oxygen atoms in total. The van der Waals surface area contributed by atoms with Crippen molar-refractivity contribution in [3.63, 3.8) is 0 Å². The van der Waals surface area contributed by atoms with Gasteiger partial charge in [-0.2, -0.15) is 0 Å². The molecule has 0 heteroatoms. The van der Waals surface area contributed by atoms with Crippen LogP contribution in [0.25, 0.3) is 87.6 Å². The van der Waals surface area contributed by atoms with Crippen molar-refractivity contribution in [1.29, 1.82) is 0 Å². The van der Waals surface area contributed by atoms with Crippen molar-refractivity contribution in [2.75, 3.05) is 0 Å². The first-order valence-electron chi connectivity index (χ1n) is 17.5. The van der Waals surface area contributed by atoms with Gasteiger partial charge in [0, 0.05) is 0 Å². The predicted molar refractivity (Wildman–Crippen MR) is 212 cm³/mol. The second-order valence-corrected chi connectivity index (χ2v) is 14.0. The van der Waals surface area contributed by atoms with Crippen molar-refractivity contribution in [2.24, 2.45) is 0 Å². The van der Waals surface area contributed by atoms with Crippen LogP contribution in [0.4, 0.5) is 0 Å². The summed E-state index contributed by atoms with van der Waals surface area (Å²) in [6.45, 7) is 0. The molecule has 0 heterocycles. The second kappa shape index (κ2) is 9.56. The minimum Gasteiger partial charge on any atom is -0.0616 e. The summed E-state index contributed by atoms with van der Waals surface area (Å²) in [6, 6.07) is 63.7. The van der Waals surface area contributed by atoms with E-state index in [1.165, 1.54) is 121 Å². The monoisotopic (exact) mass is 628 g/mol. The molecule has 9 aromatic carbocycles. The molecule has 0 saturated carbocycles. The molecule has 0 saturated heterocycles. The SMILES string of the molecule is c1ccc2c(c1)-c1cccc3c(C4=C5C(=C(c6cccc7ccccc67)c6cc7ccccc7cc65)c5cc6ccccc6cc54)ccc-2c13. The lowest BCUT2D eigenvalue weighted by molar-refractivity contribution is 1.57. The quantitative estimate of drug-likeness (QED) is 0.179. The first-order valence-corrected chi connectivity index (χ1v) is 17.5. The van der Waals surface area contributed by atoms with Crippen LogP contribution in [0, 0.1) is 0 Å². The average Bonchev–Trinajstić information content (AvgIpc) is 3.79. The van der Waals surface area contributed by atoms with Crippen LogP contribution in [-0.2, 0) is 0 Å². The first-order chi connectivity index (χ1) is 24.8. The molecule has 3 aliphatic rings. The molecule has 0 aliphatic heterocycles. The highest BCUT2D eigenvalue weighted by molar-refractivity contribution is 6.38. The van der Waals surface area contributed by atoms with Gasteiger partial charge in [0.05, 0.1) is 0 Å². The Morgan fingerprint density at radius 1 is 0.200 bits per heavy atom. The van der Waals surface area contributed by atoms with Crippen molar-refractivity contribution >= 4 is 65.4 Å². The maximum Gasteiger partial charge on any atom is -0.000718 e. The van der Waals surface area contributed by atoms with E-state index in [1.807, 2.05) is 0 Å². The maximum atomic E-state index is 2.46. The van der Waals surface area contributed by atoms with Crippen molar-refractivity contribution < 1.29 is 0 Å². The van der Waals surface area contributed by atoms with Crippen LogP contribution >= 0.6 is 0 Å². The molecule has 50 heavy (non-hydrogen) atoms. The van der Waals surface area contributed by atoms with Crippen molar-refractivity contribution in [2.45, 2.75) is 0 Å². The predicted octanol–water partition coefficient (Wildman–Crippen LogP) is 13.2. The lowest BCUT2D eigenvalue weighted by Crippen LogP contribution is -1.95. The van der Waals surface area contributed by atoms with Crippen LogP contribution in [0.3, 0.4) is 0 Å². The summed E-state index contributed by atoms with van der Waals surface area (Å²) in [4.78, 5) is 0. The van der Waals surface area contributed by atoms with Gasteiger partial charge < -0.3 is 0 Å². The zero-order valence-electron chi connectivity index (χ0n) is 27.2. The normalized spacial score (nSPS) is 13.8. The van der Waals surface area contributed by atoms with Crippen LogP contribution in [-0.4, -0.2) is 0 Å². The highest BCUT2D eigenvalue weighted by Crippen LogP contribution is 2.61. The molecular weight excluding hydrogens is 601 g/mol. The molecular formula is C50H28. The Morgan fingerprint density at radius 3 is 1.16 bits per heavy atom. The third-order valence-electron chi connectivity index (χ3n) is 11.5. The summed E-state index contributed by atoms with van der Waals surface area (Å²) in [7, 11) is 0. The number of fused-ring (bicyclic) bond motifs is 11. The van der Waals surface area contributed by atoms with E-state index in [2.05, 4.69) is 170 Å². The summed E-state index contributed by atoms with van der Waals surface area (Å²) in [5.74, 6) is 0. The highest BCUT2D eigenvalue weighted by Gasteiger charge is 2.39. The standard InChI is InChI=1S/C50H28/c1-3-14-32-27-44-42(25-30(32)12-1)47(37-20-9-16-29-11-5-6-17-34(29)37)49-45-28-33-15-4-2-13-31(33)26-43(45)48(50(44)49)41-24-23-40-36-19-8-7-18-35(36)38-21-10-22-39(41)46(38)40/h1-28H. The Hall–Kier alpha value is -6.50. The number of rotatable bonds is 2. The summed E-state index contributed by atoms with van der Waals surface area (Å²) in [6.07, 6.45) is 0. The van der Waals surface area contributed by atoms with Gasteiger partial charge in [-0.25, -0.2) is 0 Å². The molecule has 0 spiro atoms. The lowest BCUT2D eigenvalue weighted by Gasteiger charge is -2.16. The van der Waals surface area contributed by atoms with E-state index >= 15 is 0 Å². The number of benzene rings is 9. The summed E-state index contributed by atoms with van der Waals surface area (Å²) in [5.41, 5.74) is 18.6. The Morgan fingerprint density at radius 2 is 0.560 bits per heavy atom. The third kappa shape index (κ3) is 3.35. The molecule has 0 radical (unpaired) electrons. The van der Waals surface area contributed by atoms with Crippen LogP contribution in [0.1, 0.15) is 33.4 Å². The molecule has 0 aromatic heterocycles. The van der Waals surface area contributed by atoms with Crippen LogP contribution < -0.4 is 0 Å². The summed E-state index contributed by atoms with van der Waals surface area (Å²) in [5, 5.41) is 10.3. The molecule has 0 bridgehead atoms.